The third-order valence-electron chi connectivity index (χ3n) is 5.28. The number of hydrogen-bond acceptors (Lipinski definition) is 3. The average Bonchev–Trinajstić information content (AvgIpc) is 3.11. The lowest BCUT2D eigenvalue weighted by atomic mass is 9.98. The van der Waals surface area contributed by atoms with Crippen LogP contribution in [0.1, 0.15) is 31.7 Å². The Morgan fingerprint density at radius 3 is 2.80 bits per heavy atom. The number of piperidine rings is 1. The maximum Gasteiger partial charge on any atom is 0.238 e. The summed E-state index contributed by atoms with van der Waals surface area (Å²) in [7, 11) is 0. The van der Waals surface area contributed by atoms with E-state index in [0.29, 0.717) is 5.92 Å². The van der Waals surface area contributed by atoms with Crippen LogP contribution in [0.25, 0.3) is 16.6 Å². The molecule has 1 fully saturated rings. The van der Waals surface area contributed by atoms with Crippen LogP contribution in [0.15, 0.2) is 36.5 Å². The van der Waals surface area contributed by atoms with E-state index < -0.39 is 0 Å². The number of rotatable bonds is 5. The van der Waals surface area contributed by atoms with Gasteiger partial charge >= 0.3 is 0 Å². The van der Waals surface area contributed by atoms with Crippen molar-refractivity contribution >= 4 is 16.6 Å². The number of hydrogen-bond donors (Lipinski definition) is 0. The molecule has 0 amide bonds. The van der Waals surface area contributed by atoms with Gasteiger partial charge in [-0.1, -0.05) is 13.0 Å². The summed E-state index contributed by atoms with van der Waals surface area (Å²) in [5, 5.41) is 0. The highest BCUT2D eigenvalue weighted by atomic mass is 16.5. The van der Waals surface area contributed by atoms with E-state index in [1.165, 1.54) is 44.5 Å². The minimum atomic E-state index is 0.637. The van der Waals surface area contributed by atoms with Gasteiger partial charge in [-0.3, -0.25) is 0 Å². The molecule has 3 heterocycles. The van der Waals surface area contributed by atoms with Crippen LogP contribution in [-0.4, -0.2) is 40.5 Å². The molecule has 3 aromatic rings. The molecule has 4 nitrogen and oxygen atoms in total. The molecule has 1 saturated heterocycles. The summed E-state index contributed by atoms with van der Waals surface area (Å²) in [4.78, 5) is 7.38. The zero-order valence-corrected chi connectivity index (χ0v) is 15.2. The quantitative estimate of drug-likeness (QED) is 0.695. The Morgan fingerprint density at radius 2 is 2.00 bits per heavy atom. The highest BCUT2D eigenvalue weighted by Gasteiger charge is 2.20. The molecule has 0 aliphatic carbocycles. The fourth-order valence-corrected chi connectivity index (χ4v) is 3.85. The maximum atomic E-state index is 6.21. The lowest BCUT2D eigenvalue weighted by Gasteiger charge is -2.31. The number of likely N-dealkylation sites (tertiary alicyclic amines) is 1. The van der Waals surface area contributed by atoms with Gasteiger partial charge in [0, 0.05) is 6.20 Å². The van der Waals surface area contributed by atoms with E-state index in [0.717, 1.165) is 29.0 Å². The molecule has 25 heavy (non-hydrogen) atoms. The monoisotopic (exact) mass is 337 g/mol. The Morgan fingerprint density at radius 1 is 1.16 bits per heavy atom. The summed E-state index contributed by atoms with van der Waals surface area (Å²) < 4.78 is 8.39. The summed E-state index contributed by atoms with van der Waals surface area (Å²) >= 11 is 0. The smallest absolute Gasteiger partial charge is 0.238 e. The second-order valence-electron chi connectivity index (χ2n) is 7.27. The second-order valence-corrected chi connectivity index (χ2v) is 7.27. The van der Waals surface area contributed by atoms with Gasteiger partial charge in [0.1, 0.15) is 5.52 Å². The summed E-state index contributed by atoms with van der Waals surface area (Å²) in [6.45, 7) is 8.76. The van der Waals surface area contributed by atoms with Crippen molar-refractivity contribution in [3.63, 3.8) is 0 Å². The van der Waals surface area contributed by atoms with E-state index in [9.17, 15) is 0 Å². The zero-order valence-electron chi connectivity index (χ0n) is 15.2. The van der Waals surface area contributed by atoms with Crippen LogP contribution in [-0.2, 0) is 0 Å². The van der Waals surface area contributed by atoms with Crippen LogP contribution in [0, 0.1) is 12.8 Å². The van der Waals surface area contributed by atoms with Gasteiger partial charge in [-0.15, -0.1) is 0 Å². The Balaban J connectivity index is 1.52. The van der Waals surface area contributed by atoms with Crippen LogP contribution >= 0.6 is 0 Å². The highest BCUT2D eigenvalue weighted by molar-refractivity contribution is 5.81. The Labute approximate surface area is 149 Å². The molecule has 132 valence electrons. The first-order chi connectivity index (χ1) is 12.2. The molecule has 0 unspecified atom stereocenters. The molecule has 0 radical (unpaired) electrons. The van der Waals surface area contributed by atoms with E-state index in [-0.39, 0.29) is 0 Å². The van der Waals surface area contributed by atoms with Crippen molar-refractivity contribution in [1.29, 1.82) is 0 Å². The van der Waals surface area contributed by atoms with Crippen LogP contribution in [0.3, 0.4) is 0 Å². The third-order valence-corrected chi connectivity index (χ3v) is 5.28. The summed E-state index contributed by atoms with van der Waals surface area (Å²) in [5.41, 5.74) is 4.41. The molecule has 0 spiro atoms. The maximum absolute atomic E-state index is 6.21. The minimum Gasteiger partial charge on any atom is -0.476 e. The Bertz CT molecular complexity index is 862. The SMILES string of the molecule is CCCN1CCC(COc2nc3cc(C)ccc3n3cccc23)CC1. The molecule has 1 aromatic carbocycles. The molecule has 0 N–H and O–H groups in total. The molecule has 0 bridgehead atoms. The standard InChI is InChI=1S/C21H27N3O/c1-3-10-23-12-8-17(9-13-23)15-25-21-20-5-4-11-24(20)19-7-6-16(2)14-18(19)22-21/h4-7,11,14,17H,3,8-10,12-13,15H2,1-2H3. The van der Waals surface area contributed by atoms with Gasteiger partial charge in [0.05, 0.1) is 17.6 Å². The van der Waals surface area contributed by atoms with Crippen molar-refractivity contribution in [3.8, 4) is 5.88 Å². The summed E-state index contributed by atoms with van der Waals surface area (Å²) in [5.74, 6) is 1.40. The van der Waals surface area contributed by atoms with E-state index >= 15 is 0 Å². The van der Waals surface area contributed by atoms with E-state index in [4.69, 9.17) is 9.72 Å². The van der Waals surface area contributed by atoms with Gasteiger partial charge in [0.15, 0.2) is 0 Å². The van der Waals surface area contributed by atoms with Crippen molar-refractivity contribution in [2.45, 2.75) is 33.1 Å². The van der Waals surface area contributed by atoms with Crippen LogP contribution in [0.4, 0.5) is 0 Å². The van der Waals surface area contributed by atoms with E-state index in [2.05, 4.69) is 59.7 Å². The van der Waals surface area contributed by atoms with Gasteiger partial charge in [-0.05, 0) is 81.6 Å². The first kappa shape index (κ1) is 16.4. The number of fused-ring (bicyclic) bond motifs is 3. The molecule has 4 heteroatoms. The van der Waals surface area contributed by atoms with Crippen molar-refractivity contribution in [2.24, 2.45) is 5.92 Å². The summed E-state index contributed by atoms with van der Waals surface area (Å²) in [6, 6.07) is 10.6. The summed E-state index contributed by atoms with van der Waals surface area (Å²) in [6.07, 6.45) is 5.78. The molecular formula is C21H27N3O. The van der Waals surface area contributed by atoms with Crippen LogP contribution < -0.4 is 4.74 Å². The normalized spacial score (nSPS) is 16.7. The minimum absolute atomic E-state index is 0.637. The van der Waals surface area contributed by atoms with Gasteiger partial charge in [-0.25, -0.2) is 4.98 Å². The Kier molecular flexibility index (Phi) is 4.62. The molecule has 1 aliphatic rings. The van der Waals surface area contributed by atoms with Crippen molar-refractivity contribution in [1.82, 2.24) is 14.3 Å². The molecule has 2 aromatic heterocycles. The number of aryl methyl sites for hydroxylation is 1. The zero-order chi connectivity index (χ0) is 17.2. The molecule has 0 atom stereocenters. The average molecular weight is 337 g/mol. The fourth-order valence-electron chi connectivity index (χ4n) is 3.85. The van der Waals surface area contributed by atoms with Crippen molar-refractivity contribution in [3.05, 3.63) is 42.1 Å². The largest absolute Gasteiger partial charge is 0.476 e. The first-order valence-corrected chi connectivity index (χ1v) is 9.47. The van der Waals surface area contributed by atoms with Crippen LogP contribution in [0.2, 0.25) is 0 Å². The van der Waals surface area contributed by atoms with Gasteiger partial charge in [0.25, 0.3) is 0 Å². The van der Waals surface area contributed by atoms with Crippen molar-refractivity contribution in [2.75, 3.05) is 26.2 Å². The van der Waals surface area contributed by atoms with Gasteiger partial charge in [0.2, 0.25) is 5.88 Å². The molecule has 4 rings (SSSR count). The van der Waals surface area contributed by atoms with Crippen molar-refractivity contribution < 1.29 is 4.74 Å². The third kappa shape index (κ3) is 3.36. The molecule has 1 aliphatic heterocycles. The number of aromatic nitrogens is 2. The predicted octanol–water partition coefficient (Wildman–Crippen LogP) is 4.30. The van der Waals surface area contributed by atoms with Gasteiger partial charge in [-0.2, -0.15) is 0 Å². The van der Waals surface area contributed by atoms with Gasteiger partial charge < -0.3 is 14.0 Å². The topological polar surface area (TPSA) is 29.8 Å². The lowest BCUT2D eigenvalue weighted by Crippen LogP contribution is -2.35. The molecule has 0 saturated carbocycles. The predicted molar refractivity (Wildman–Crippen MR) is 102 cm³/mol. The highest BCUT2D eigenvalue weighted by Crippen LogP contribution is 2.26. The lowest BCUT2D eigenvalue weighted by molar-refractivity contribution is 0.140. The van der Waals surface area contributed by atoms with E-state index in [1.54, 1.807) is 0 Å². The fraction of sp³-hybridized carbons (Fsp3) is 0.476. The number of nitrogens with zero attached hydrogens (tertiary/aromatic N) is 3. The second kappa shape index (κ2) is 7.04. The number of benzene rings is 1. The van der Waals surface area contributed by atoms with E-state index in [1.807, 2.05) is 0 Å². The van der Waals surface area contributed by atoms with Crippen LogP contribution in [0.5, 0.6) is 5.88 Å². The Hall–Kier alpha value is -2.07. The number of ether oxygens (including phenoxy) is 1. The first-order valence-electron chi connectivity index (χ1n) is 9.47. The molecular weight excluding hydrogens is 310 g/mol.